The number of hydrogen-bond acceptors (Lipinski definition) is 3. The molecular weight excluding hydrogens is 210 g/mol. The summed E-state index contributed by atoms with van der Waals surface area (Å²) in [6.45, 7) is 1.27. The monoisotopic (exact) mass is 221 g/mol. The lowest BCUT2D eigenvalue weighted by atomic mass is 10.1. The predicted molar refractivity (Wildman–Crippen MR) is 58.0 cm³/mol. The maximum Gasteiger partial charge on any atom is 0.307 e. The number of aromatic amines is 1. The molecule has 0 amide bonds. The molecule has 16 heavy (non-hydrogen) atoms. The van der Waals surface area contributed by atoms with Gasteiger partial charge in [0.05, 0.1) is 6.42 Å². The summed E-state index contributed by atoms with van der Waals surface area (Å²) in [5.41, 5.74) is 0.0183. The van der Waals surface area contributed by atoms with Gasteiger partial charge in [-0.05, 0) is 25.1 Å². The summed E-state index contributed by atoms with van der Waals surface area (Å²) in [4.78, 5) is 35.4. The van der Waals surface area contributed by atoms with E-state index in [4.69, 9.17) is 5.11 Å². The van der Waals surface area contributed by atoms with Crippen LogP contribution in [-0.4, -0.2) is 21.8 Å². The fourth-order valence-corrected chi connectivity index (χ4v) is 1.18. The smallest absolute Gasteiger partial charge is 0.307 e. The number of aliphatic carboxylic acids is 1. The Kier molecular flexibility index (Phi) is 3.77. The van der Waals surface area contributed by atoms with Crippen molar-refractivity contribution in [2.24, 2.45) is 0 Å². The molecule has 5 heteroatoms. The molecule has 1 rings (SSSR count). The van der Waals surface area contributed by atoms with Gasteiger partial charge in [-0.25, -0.2) is 0 Å². The van der Waals surface area contributed by atoms with Crippen LogP contribution < -0.4 is 5.56 Å². The Morgan fingerprint density at radius 3 is 2.69 bits per heavy atom. The van der Waals surface area contributed by atoms with Gasteiger partial charge in [-0.3, -0.25) is 14.4 Å². The van der Waals surface area contributed by atoms with E-state index in [1.807, 2.05) is 0 Å². The minimum absolute atomic E-state index is 0.101. The van der Waals surface area contributed by atoms with Gasteiger partial charge in [-0.1, -0.05) is 0 Å². The molecule has 0 saturated carbocycles. The number of nitrogens with one attached hydrogen (secondary N) is 1. The zero-order chi connectivity index (χ0) is 12.1. The van der Waals surface area contributed by atoms with Crippen LogP contribution in [0.4, 0.5) is 0 Å². The van der Waals surface area contributed by atoms with Crippen LogP contribution in [0.2, 0.25) is 0 Å². The second-order valence-corrected chi connectivity index (χ2v) is 3.25. The van der Waals surface area contributed by atoms with Crippen LogP contribution in [0.5, 0.6) is 0 Å². The van der Waals surface area contributed by atoms with Gasteiger partial charge in [0.2, 0.25) is 0 Å². The fourth-order valence-electron chi connectivity index (χ4n) is 1.18. The average molecular weight is 221 g/mol. The van der Waals surface area contributed by atoms with Crippen LogP contribution in [0.1, 0.15) is 18.9 Å². The maximum atomic E-state index is 11.3. The number of rotatable bonds is 4. The molecule has 0 aromatic carbocycles. The van der Waals surface area contributed by atoms with Crippen LogP contribution in [0, 0.1) is 0 Å². The first-order valence-electron chi connectivity index (χ1n) is 4.61. The second-order valence-electron chi connectivity index (χ2n) is 3.25. The van der Waals surface area contributed by atoms with E-state index < -0.39 is 5.97 Å². The zero-order valence-corrected chi connectivity index (χ0v) is 8.69. The molecule has 0 aliphatic rings. The van der Waals surface area contributed by atoms with E-state index >= 15 is 0 Å². The molecule has 1 heterocycles. The lowest BCUT2D eigenvalue weighted by Gasteiger charge is -1.99. The maximum absolute atomic E-state index is 11.3. The second kappa shape index (κ2) is 5.06. The lowest BCUT2D eigenvalue weighted by Crippen LogP contribution is -2.10. The predicted octanol–water partition coefficient (Wildman–Crippen LogP) is 0.822. The van der Waals surface area contributed by atoms with Crippen molar-refractivity contribution in [3.05, 3.63) is 39.8 Å². The van der Waals surface area contributed by atoms with E-state index in [9.17, 15) is 14.4 Å². The summed E-state index contributed by atoms with van der Waals surface area (Å²) in [6, 6.07) is 3.12. The number of carbonyl (C=O) groups excluding carboxylic acids is 1. The van der Waals surface area contributed by atoms with Gasteiger partial charge in [0.1, 0.15) is 0 Å². The summed E-state index contributed by atoms with van der Waals surface area (Å²) >= 11 is 0. The molecule has 2 N–H and O–H groups in total. The molecule has 0 atom stereocenters. The average Bonchev–Trinajstić information content (AvgIpc) is 2.19. The van der Waals surface area contributed by atoms with E-state index in [1.165, 1.54) is 25.3 Å². The van der Waals surface area contributed by atoms with E-state index in [2.05, 4.69) is 4.98 Å². The summed E-state index contributed by atoms with van der Waals surface area (Å²) in [7, 11) is 0. The normalized spacial score (nSPS) is 11.2. The van der Waals surface area contributed by atoms with Crippen molar-refractivity contribution >= 4 is 17.8 Å². The highest BCUT2D eigenvalue weighted by atomic mass is 16.4. The molecule has 1 aromatic heterocycles. The molecule has 0 spiro atoms. The third kappa shape index (κ3) is 3.20. The molecule has 1 aromatic rings. The Balaban J connectivity index is 3.12. The van der Waals surface area contributed by atoms with Crippen molar-refractivity contribution in [2.45, 2.75) is 13.3 Å². The topological polar surface area (TPSA) is 87.2 Å². The van der Waals surface area contributed by atoms with Gasteiger partial charge < -0.3 is 10.1 Å². The fraction of sp³-hybridized carbons (Fsp3) is 0.182. The van der Waals surface area contributed by atoms with Gasteiger partial charge in [-0.2, -0.15) is 0 Å². The highest BCUT2D eigenvalue weighted by Crippen LogP contribution is 2.07. The first-order valence-corrected chi connectivity index (χ1v) is 4.61. The molecule has 5 nitrogen and oxygen atoms in total. The van der Waals surface area contributed by atoms with Crippen LogP contribution in [0.15, 0.2) is 28.7 Å². The number of ketones is 1. The van der Waals surface area contributed by atoms with Gasteiger partial charge in [0.25, 0.3) is 5.56 Å². The summed E-state index contributed by atoms with van der Waals surface area (Å²) < 4.78 is 0. The van der Waals surface area contributed by atoms with Crippen molar-refractivity contribution in [1.29, 1.82) is 0 Å². The van der Waals surface area contributed by atoms with E-state index in [1.54, 1.807) is 6.07 Å². The Morgan fingerprint density at radius 2 is 2.19 bits per heavy atom. The molecule has 0 aliphatic heterocycles. The summed E-state index contributed by atoms with van der Waals surface area (Å²) in [6.07, 6.45) is 2.38. The Hall–Kier alpha value is -2.17. The Morgan fingerprint density at radius 1 is 1.50 bits per heavy atom. The molecule has 0 aliphatic carbocycles. The largest absolute Gasteiger partial charge is 0.481 e. The van der Waals surface area contributed by atoms with Crippen molar-refractivity contribution in [2.75, 3.05) is 0 Å². The number of carboxylic acid groups (broad SMARTS) is 1. The lowest BCUT2D eigenvalue weighted by molar-refractivity contribution is -0.136. The molecule has 0 fully saturated rings. The molecular formula is C11H11NO4. The number of pyridine rings is 1. The van der Waals surface area contributed by atoms with Crippen LogP contribution in [0.3, 0.4) is 0 Å². The van der Waals surface area contributed by atoms with Gasteiger partial charge in [0, 0.05) is 17.3 Å². The number of hydrogen-bond donors (Lipinski definition) is 2. The van der Waals surface area contributed by atoms with Crippen molar-refractivity contribution < 1.29 is 14.7 Å². The molecule has 0 radical (unpaired) electrons. The van der Waals surface area contributed by atoms with Crippen LogP contribution in [0.25, 0.3) is 6.08 Å². The first kappa shape index (κ1) is 11.9. The molecule has 0 bridgehead atoms. The Labute approximate surface area is 91.4 Å². The standard InChI is InChI=1S/C11H11NO4/c1-7(13)9(6-10(14)15)5-8-3-2-4-12-11(8)16/h2-5H,6H2,1H3,(H,12,16)(H,14,15)/b9-5+. The van der Waals surface area contributed by atoms with E-state index in [0.717, 1.165) is 0 Å². The summed E-state index contributed by atoms with van der Waals surface area (Å²) in [5, 5.41) is 8.60. The number of Topliss-reactive ketones (excluding diaryl/α,β-unsaturated/α-hetero) is 1. The Bertz CT molecular complexity index is 499. The minimum atomic E-state index is -1.10. The quantitative estimate of drug-likeness (QED) is 0.737. The van der Waals surface area contributed by atoms with E-state index in [0.29, 0.717) is 0 Å². The molecule has 84 valence electrons. The van der Waals surface area contributed by atoms with E-state index in [-0.39, 0.29) is 28.9 Å². The summed E-state index contributed by atoms with van der Waals surface area (Å²) in [5.74, 6) is -1.46. The SMILES string of the molecule is CC(=O)/C(=C/c1ccc[nH]c1=O)CC(=O)O. The molecule has 0 unspecified atom stereocenters. The zero-order valence-electron chi connectivity index (χ0n) is 8.69. The van der Waals surface area contributed by atoms with Crippen LogP contribution in [-0.2, 0) is 9.59 Å². The highest BCUT2D eigenvalue weighted by molar-refractivity contribution is 6.01. The van der Waals surface area contributed by atoms with Crippen LogP contribution >= 0.6 is 0 Å². The number of carboxylic acids is 1. The molecule has 0 saturated heterocycles. The first-order chi connectivity index (χ1) is 7.50. The third-order valence-corrected chi connectivity index (χ3v) is 1.97. The van der Waals surface area contributed by atoms with Crippen molar-refractivity contribution in [3.8, 4) is 0 Å². The highest BCUT2D eigenvalue weighted by Gasteiger charge is 2.09. The van der Waals surface area contributed by atoms with Gasteiger partial charge in [0.15, 0.2) is 5.78 Å². The number of carbonyl (C=O) groups is 2. The number of aromatic nitrogens is 1. The number of H-pyrrole nitrogens is 1. The third-order valence-electron chi connectivity index (χ3n) is 1.97. The van der Waals surface area contributed by atoms with Crippen molar-refractivity contribution in [1.82, 2.24) is 4.98 Å². The minimum Gasteiger partial charge on any atom is -0.481 e. The van der Waals surface area contributed by atoms with Crippen molar-refractivity contribution in [3.63, 3.8) is 0 Å². The van der Waals surface area contributed by atoms with Gasteiger partial charge >= 0.3 is 5.97 Å². The van der Waals surface area contributed by atoms with Gasteiger partial charge in [-0.15, -0.1) is 0 Å².